The zero-order valence-corrected chi connectivity index (χ0v) is 28.9. The minimum Gasteiger partial charge on any atom is -0.455 e. The SMILES string of the molecule is c1ccc(-c2nc(-n3c4ccc(-c5nc6c7ccccc7c7oc8ccccc8c7c6c6ccccc56)cc4c4cccnc43)cc3ccccc23)cc1. The summed E-state index contributed by atoms with van der Waals surface area (Å²) in [7, 11) is 0. The lowest BCUT2D eigenvalue weighted by molar-refractivity contribution is 0.673. The minimum atomic E-state index is 0.830. The number of pyridine rings is 3. The van der Waals surface area contributed by atoms with Crippen molar-refractivity contribution < 1.29 is 4.42 Å². The summed E-state index contributed by atoms with van der Waals surface area (Å²) in [6.07, 6.45) is 1.86. The standard InChI is InChI=1S/C49H28N4O/c1-2-13-29(14-3-1)45-32-16-5-4-15-30(32)28-42(51-45)53-40-25-24-31(27-39(40)37-22-12-26-50-49(37)53)46-34-18-7-6-17-33(34)43-44-38-21-10-11-23-41(38)54-48(44)36-20-9-8-19-35(36)47(43)52-46/h1-28H. The van der Waals surface area contributed by atoms with Gasteiger partial charge in [0.05, 0.1) is 22.4 Å². The molecular weight excluding hydrogens is 661 g/mol. The van der Waals surface area contributed by atoms with Gasteiger partial charge in [-0.25, -0.2) is 15.0 Å². The molecule has 5 heterocycles. The predicted octanol–water partition coefficient (Wildman–Crippen LogP) is 12.8. The molecular formula is C49H28N4O. The molecule has 0 amide bonds. The van der Waals surface area contributed by atoms with Gasteiger partial charge in [0, 0.05) is 65.8 Å². The van der Waals surface area contributed by atoms with Gasteiger partial charge in [0.25, 0.3) is 0 Å². The molecule has 5 nitrogen and oxygen atoms in total. The average Bonchev–Trinajstić information content (AvgIpc) is 3.79. The maximum atomic E-state index is 6.58. The van der Waals surface area contributed by atoms with Crippen molar-refractivity contribution in [2.45, 2.75) is 0 Å². The quantitative estimate of drug-likeness (QED) is 0.173. The molecule has 0 spiro atoms. The average molecular weight is 689 g/mol. The van der Waals surface area contributed by atoms with E-state index in [1.54, 1.807) is 0 Å². The van der Waals surface area contributed by atoms with E-state index in [0.29, 0.717) is 0 Å². The number of nitrogens with zero attached hydrogens (tertiary/aromatic N) is 4. The zero-order valence-electron chi connectivity index (χ0n) is 28.9. The molecule has 0 saturated heterocycles. The second kappa shape index (κ2) is 11.1. The molecule has 250 valence electrons. The van der Waals surface area contributed by atoms with E-state index in [-0.39, 0.29) is 0 Å². The molecule has 0 bridgehead atoms. The highest BCUT2D eigenvalue weighted by Crippen LogP contribution is 2.45. The Balaban J connectivity index is 1.15. The molecule has 0 aliphatic rings. The van der Waals surface area contributed by atoms with Crippen LogP contribution in [-0.2, 0) is 0 Å². The molecule has 7 aromatic carbocycles. The number of fused-ring (bicyclic) bond motifs is 14. The van der Waals surface area contributed by atoms with E-state index in [9.17, 15) is 0 Å². The fraction of sp³-hybridized carbons (Fsp3) is 0. The van der Waals surface area contributed by atoms with Crippen molar-refractivity contribution in [2.24, 2.45) is 0 Å². The van der Waals surface area contributed by atoms with E-state index in [4.69, 9.17) is 19.4 Å². The van der Waals surface area contributed by atoms with Crippen LogP contribution in [0.25, 0.3) is 115 Å². The Hall–Kier alpha value is -7.37. The fourth-order valence-electron chi connectivity index (χ4n) is 8.64. The van der Waals surface area contributed by atoms with Crippen LogP contribution in [0, 0.1) is 0 Å². The van der Waals surface area contributed by atoms with Gasteiger partial charge in [-0.05, 0) is 47.2 Å². The summed E-state index contributed by atoms with van der Waals surface area (Å²) < 4.78 is 8.78. The zero-order chi connectivity index (χ0) is 35.3. The maximum absolute atomic E-state index is 6.58. The summed E-state index contributed by atoms with van der Waals surface area (Å²) in [5.41, 5.74) is 8.66. The molecule has 0 aliphatic heterocycles. The van der Waals surface area contributed by atoms with Crippen molar-refractivity contribution in [1.82, 2.24) is 19.5 Å². The minimum absolute atomic E-state index is 0.830. The molecule has 0 aliphatic carbocycles. The van der Waals surface area contributed by atoms with Crippen molar-refractivity contribution >= 4 is 87.1 Å². The Bertz CT molecular complexity index is 3510. The van der Waals surface area contributed by atoms with Crippen molar-refractivity contribution in [3.8, 4) is 28.3 Å². The normalized spacial score (nSPS) is 12.1. The summed E-state index contributed by atoms with van der Waals surface area (Å²) in [5, 5.41) is 12.1. The van der Waals surface area contributed by atoms with Crippen LogP contribution in [0.4, 0.5) is 0 Å². The van der Waals surface area contributed by atoms with E-state index >= 15 is 0 Å². The van der Waals surface area contributed by atoms with Gasteiger partial charge in [0.1, 0.15) is 22.6 Å². The Morgan fingerprint density at radius 1 is 0.444 bits per heavy atom. The predicted molar refractivity (Wildman–Crippen MR) is 222 cm³/mol. The summed E-state index contributed by atoms with van der Waals surface area (Å²) in [6, 6.07) is 57.4. The Labute approximate surface area is 308 Å². The first-order chi connectivity index (χ1) is 26.8. The van der Waals surface area contributed by atoms with Crippen LogP contribution in [0.15, 0.2) is 174 Å². The first-order valence-corrected chi connectivity index (χ1v) is 18.2. The third-order valence-corrected chi connectivity index (χ3v) is 11.0. The highest BCUT2D eigenvalue weighted by molar-refractivity contribution is 6.35. The van der Waals surface area contributed by atoms with Gasteiger partial charge >= 0.3 is 0 Å². The van der Waals surface area contributed by atoms with E-state index in [1.807, 2.05) is 24.4 Å². The number of aromatic nitrogens is 4. The molecule has 5 heteroatoms. The van der Waals surface area contributed by atoms with Gasteiger partial charge in [0.15, 0.2) is 0 Å². The summed E-state index contributed by atoms with van der Waals surface area (Å²) >= 11 is 0. The highest BCUT2D eigenvalue weighted by atomic mass is 16.3. The van der Waals surface area contributed by atoms with E-state index < -0.39 is 0 Å². The van der Waals surface area contributed by atoms with Crippen LogP contribution in [-0.4, -0.2) is 19.5 Å². The van der Waals surface area contributed by atoms with Gasteiger partial charge in [-0.3, -0.25) is 4.57 Å². The first kappa shape index (κ1) is 29.2. The number of furan rings is 1. The van der Waals surface area contributed by atoms with Crippen molar-refractivity contribution in [3.63, 3.8) is 0 Å². The van der Waals surface area contributed by atoms with Crippen LogP contribution in [0.1, 0.15) is 0 Å². The molecule has 54 heavy (non-hydrogen) atoms. The van der Waals surface area contributed by atoms with E-state index in [1.165, 1.54) is 0 Å². The number of hydrogen-bond donors (Lipinski definition) is 0. The van der Waals surface area contributed by atoms with Crippen molar-refractivity contribution in [1.29, 1.82) is 0 Å². The van der Waals surface area contributed by atoms with Gasteiger partial charge in [-0.2, -0.15) is 0 Å². The third kappa shape index (κ3) is 4.06. The molecule has 0 saturated carbocycles. The molecule has 12 rings (SSSR count). The van der Waals surface area contributed by atoms with Gasteiger partial charge in [0.2, 0.25) is 0 Å². The largest absolute Gasteiger partial charge is 0.455 e. The molecule has 0 fully saturated rings. The van der Waals surface area contributed by atoms with Crippen LogP contribution >= 0.6 is 0 Å². The molecule has 0 unspecified atom stereocenters. The highest BCUT2D eigenvalue weighted by Gasteiger charge is 2.22. The van der Waals surface area contributed by atoms with Crippen LogP contribution in [0.2, 0.25) is 0 Å². The number of hydrogen-bond acceptors (Lipinski definition) is 4. The van der Waals surface area contributed by atoms with Crippen LogP contribution in [0.3, 0.4) is 0 Å². The van der Waals surface area contributed by atoms with Crippen LogP contribution < -0.4 is 0 Å². The van der Waals surface area contributed by atoms with Crippen molar-refractivity contribution in [2.75, 3.05) is 0 Å². The second-order valence-corrected chi connectivity index (χ2v) is 13.9. The Kier molecular flexibility index (Phi) is 5.99. The topological polar surface area (TPSA) is 56.7 Å². The monoisotopic (exact) mass is 688 g/mol. The lowest BCUT2D eigenvalue weighted by Crippen LogP contribution is -2.00. The number of benzene rings is 7. The number of rotatable bonds is 3. The third-order valence-electron chi connectivity index (χ3n) is 11.0. The van der Waals surface area contributed by atoms with Crippen molar-refractivity contribution in [3.05, 3.63) is 170 Å². The molecule has 0 atom stereocenters. The maximum Gasteiger partial charge on any atom is 0.146 e. The molecule has 0 N–H and O–H groups in total. The van der Waals surface area contributed by atoms with E-state index in [2.05, 4.69) is 150 Å². The molecule has 0 radical (unpaired) electrons. The van der Waals surface area contributed by atoms with Gasteiger partial charge in [-0.1, -0.05) is 127 Å². The molecule has 12 aromatic rings. The Morgan fingerprint density at radius 3 is 2.00 bits per heavy atom. The second-order valence-electron chi connectivity index (χ2n) is 13.9. The first-order valence-electron chi connectivity index (χ1n) is 18.2. The smallest absolute Gasteiger partial charge is 0.146 e. The van der Waals surface area contributed by atoms with Gasteiger partial charge < -0.3 is 4.42 Å². The summed E-state index contributed by atoms with van der Waals surface area (Å²) in [5.74, 6) is 0.830. The summed E-state index contributed by atoms with van der Waals surface area (Å²) in [4.78, 5) is 15.9. The Morgan fingerprint density at radius 2 is 1.13 bits per heavy atom. The van der Waals surface area contributed by atoms with Crippen LogP contribution in [0.5, 0.6) is 0 Å². The van der Waals surface area contributed by atoms with E-state index in [0.717, 1.165) is 115 Å². The van der Waals surface area contributed by atoms with Gasteiger partial charge in [-0.15, -0.1) is 0 Å². The fourth-order valence-corrected chi connectivity index (χ4v) is 8.64. The lowest BCUT2D eigenvalue weighted by Gasteiger charge is -2.14. The molecule has 5 aromatic heterocycles. The summed E-state index contributed by atoms with van der Waals surface area (Å²) in [6.45, 7) is 0. The lowest BCUT2D eigenvalue weighted by atomic mass is 9.93. The number of para-hydroxylation sites is 1.